The van der Waals surface area contributed by atoms with Crippen LogP contribution in [0.25, 0.3) is 0 Å². The normalized spacial score (nSPS) is 15.3. The smallest absolute Gasteiger partial charge is 0.0844 e. The van der Waals surface area contributed by atoms with Crippen molar-refractivity contribution >= 4 is 0 Å². The molecular weight excluding hydrogens is 128 g/mol. The third kappa shape index (κ3) is 7.50. The zero-order valence-electron chi connectivity index (χ0n) is 6.64. The van der Waals surface area contributed by atoms with Gasteiger partial charge < -0.3 is 9.47 Å². The Bertz CT molecular complexity index is 60.0. The average Bonchev–Trinajstić information content (AvgIpc) is 2.44. The number of rotatable bonds is 2. The largest absolute Gasteiger partial charge is 0.502 e. The van der Waals surface area contributed by atoms with E-state index in [1.165, 1.54) is 19.1 Å². The molecule has 1 aliphatic heterocycles. The zero-order chi connectivity index (χ0) is 7.66. The van der Waals surface area contributed by atoms with Gasteiger partial charge in [0.2, 0.25) is 0 Å². The van der Waals surface area contributed by atoms with Crippen molar-refractivity contribution in [1.29, 1.82) is 0 Å². The van der Waals surface area contributed by atoms with Gasteiger partial charge in [-0.25, -0.2) is 0 Å². The minimum Gasteiger partial charge on any atom is -0.502 e. The molecule has 0 spiro atoms. The van der Waals surface area contributed by atoms with Crippen LogP contribution in [0.4, 0.5) is 0 Å². The van der Waals surface area contributed by atoms with Crippen molar-refractivity contribution in [1.82, 2.24) is 0 Å². The van der Waals surface area contributed by atoms with Gasteiger partial charge in [0.05, 0.1) is 12.9 Å². The predicted molar refractivity (Wildman–Crippen MR) is 41.9 cm³/mol. The molecule has 1 aliphatic rings. The van der Waals surface area contributed by atoms with E-state index >= 15 is 0 Å². The lowest BCUT2D eigenvalue weighted by Crippen LogP contribution is -1.74. The molecule has 1 rings (SSSR count). The van der Waals surface area contributed by atoms with E-state index in [9.17, 15) is 0 Å². The Morgan fingerprint density at radius 3 is 2.20 bits per heavy atom. The summed E-state index contributed by atoms with van der Waals surface area (Å²) in [6.07, 6.45) is 3.99. The van der Waals surface area contributed by atoms with Gasteiger partial charge in [-0.1, -0.05) is 6.58 Å². The minimum atomic E-state index is 0.726. The fourth-order valence-electron chi connectivity index (χ4n) is 0.628. The van der Waals surface area contributed by atoms with Gasteiger partial charge in [0.15, 0.2) is 0 Å². The standard InChI is InChI=1S/2C4H8O/c1-2-4-5-3-1;1-3-5-4-2/h1-4H2;3H,1,4H2,2H3. The van der Waals surface area contributed by atoms with Crippen molar-refractivity contribution in [3.63, 3.8) is 0 Å². The van der Waals surface area contributed by atoms with Gasteiger partial charge in [-0.05, 0) is 19.8 Å². The van der Waals surface area contributed by atoms with Crippen LogP contribution in [0.5, 0.6) is 0 Å². The van der Waals surface area contributed by atoms with E-state index in [0.717, 1.165) is 19.8 Å². The lowest BCUT2D eigenvalue weighted by atomic mass is 10.4. The van der Waals surface area contributed by atoms with Gasteiger partial charge in [0.25, 0.3) is 0 Å². The molecule has 0 aromatic carbocycles. The van der Waals surface area contributed by atoms with E-state index in [1.807, 2.05) is 6.92 Å². The van der Waals surface area contributed by atoms with Crippen molar-refractivity contribution in [2.75, 3.05) is 19.8 Å². The minimum absolute atomic E-state index is 0.726. The SMILES string of the molecule is C1CCOC1.C=COCC. The molecule has 1 heterocycles. The number of hydrogen-bond donors (Lipinski definition) is 0. The highest BCUT2D eigenvalue weighted by Gasteiger charge is 1.94. The Morgan fingerprint density at radius 1 is 1.50 bits per heavy atom. The summed E-state index contributed by atoms with van der Waals surface area (Å²) >= 11 is 0. The highest BCUT2D eigenvalue weighted by Crippen LogP contribution is 1.98. The van der Waals surface area contributed by atoms with Crippen LogP contribution < -0.4 is 0 Å². The Hall–Kier alpha value is -0.500. The highest BCUT2D eigenvalue weighted by molar-refractivity contribution is 4.45. The molecule has 10 heavy (non-hydrogen) atoms. The van der Waals surface area contributed by atoms with Crippen molar-refractivity contribution in [2.45, 2.75) is 19.8 Å². The van der Waals surface area contributed by atoms with E-state index in [4.69, 9.17) is 4.74 Å². The maximum atomic E-state index is 4.94. The molecule has 1 fully saturated rings. The van der Waals surface area contributed by atoms with Gasteiger partial charge in [0.1, 0.15) is 0 Å². The Kier molecular flexibility index (Phi) is 8.07. The van der Waals surface area contributed by atoms with Gasteiger partial charge in [0, 0.05) is 13.2 Å². The second-order valence-electron chi connectivity index (χ2n) is 1.94. The summed E-state index contributed by atoms with van der Waals surface area (Å²) in [5.74, 6) is 0. The third-order valence-electron chi connectivity index (χ3n) is 1.11. The topological polar surface area (TPSA) is 18.5 Å². The van der Waals surface area contributed by atoms with Gasteiger partial charge in [-0.2, -0.15) is 0 Å². The molecule has 0 aromatic rings. The maximum absolute atomic E-state index is 4.94. The second kappa shape index (κ2) is 8.50. The van der Waals surface area contributed by atoms with Gasteiger partial charge >= 0.3 is 0 Å². The van der Waals surface area contributed by atoms with E-state index < -0.39 is 0 Å². The van der Waals surface area contributed by atoms with Crippen LogP contribution in [0.3, 0.4) is 0 Å². The Morgan fingerprint density at radius 2 is 2.10 bits per heavy atom. The average molecular weight is 144 g/mol. The van der Waals surface area contributed by atoms with Gasteiger partial charge in [-0.15, -0.1) is 0 Å². The molecule has 0 aromatic heterocycles. The molecule has 0 aliphatic carbocycles. The quantitative estimate of drug-likeness (QED) is 0.551. The lowest BCUT2D eigenvalue weighted by Gasteiger charge is -1.84. The molecule has 1 saturated heterocycles. The maximum Gasteiger partial charge on any atom is 0.0844 e. The summed E-state index contributed by atoms with van der Waals surface area (Å²) in [6.45, 7) is 7.97. The molecule has 0 atom stereocenters. The predicted octanol–water partition coefficient (Wildman–Crippen LogP) is 1.96. The van der Waals surface area contributed by atoms with Crippen molar-refractivity contribution in [2.24, 2.45) is 0 Å². The van der Waals surface area contributed by atoms with Crippen molar-refractivity contribution in [3.8, 4) is 0 Å². The van der Waals surface area contributed by atoms with Crippen molar-refractivity contribution in [3.05, 3.63) is 12.8 Å². The lowest BCUT2D eigenvalue weighted by molar-refractivity contribution is 0.198. The first-order chi connectivity index (χ1) is 4.91. The van der Waals surface area contributed by atoms with Crippen LogP contribution in [0.15, 0.2) is 12.8 Å². The first-order valence-corrected chi connectivity index (χ1v) is 3.72. The van der Waals surface area contributed by atoms with Crippen LogP contribution in [-0.2, 0) is 9.47 Å². The molecule has 0 radical (unpaired) electrons. The fourth-order valence-corrected chi connectivity index (χ4v) is 0.628. The monoisotopic (exact) mass is 144 g/mol. The van der Waals surface area contributed by atoms with Gasteiger partial charge in [-0.3, -0.25) is 0 Å². The third-order valence-corrected chi connectivity index (χ3v) is 1.11. The molecule has 0 saturated carbocycles. The molecule has 0 unspecified atom stereocenters. The number of ether oxygens (including phenoxy) is 2. The van der Waals surface area contributed by atoms with Crippen molar-refractivity contribution < 1.29 is 9.47 Å². The van der Waals surface area contributed by atoms with Crippen LogP contribution in [0.2, 0.25) is 0 Å². The molecule has 0 amide bonds. The van der Waals surface area contributed by atoms with Crippen LogP contribution in [-0.4, -0.2) is 19.8 Å². The van der Waals surface area contributed by atoms with E-state index in [2.05, 4.69) is 11.3 Å². The fraction of sp³-hybridized carbons (Fsp3) is 0.750. The molecule has 2 nitrogen and oxygen atoms in total. The van der Waals surface area contributed by atoms with Crippen LogP contribution in [0, 0.1) is 0 Å². The zero-order valence-corrected chi connectivity index (χ0v) is 6.64. The first kappa shape index (κ1) is 9.50. The number of hydrogen-bond acceptors (Lipinski definition) is 2. The summed E-state index contributed by atoms with van der Waals surface area (Å²) in [4.78, 5) is 0. The van der Waals surface area contributed by atoms with E-state index in [-0.39, 0.29) is 0 Å². The molecule has 0 N–H and O–H groups in total. The molecule has 2 heteroatoms. The molecule has 0 bridgehead atoms. The Balaban J connectivity index is 0.000000162. The summed E-state index contributed by atoms with van der Waals surface area (Å²) in [6, 6.07) is 0. The van der Waals surface area contributed by atoms with E-state index in [1.54, 1.807) is 0 Å². The second-order valence-corrected chi connectivity index (χ2v) is 1.94. The summed E-state index contributed by atoms with van der Waals surface area (Å²) < 4.78 is 9.54. The first-order valence-electron chi connectivity index (χ1n) is 3.72. The summed E-state index contributed by atoms with van der Waals surface area (Å²) in [5.41, 5.74) is 0. The summed E-state index contributed by atoms with van der Waals surface area (Å²) in [5, 5.41) is 0. The van der Waals surface area contributed by atoms with E-state index in [0.29, 0.717) is 0 Å². The van der Waals surface area contributed by atoms with Crippen LogP contribution in [0.1, 0.15) is 19.8 Å². The molecular formula is C8H16O2. The molecule has 60 valence electrons. The summed E-state index contributed by atoms with van der Waals surface area (Å²) in [7, 11) is 0. The Labute approximate surface area is 62.8 Å². The van der Waals surface area contributed by atoms with Crippen LogP contribution >= 0.6 is 0 Å². The highest BCUT2D eigenvalue weighted by atomic mass is 16.5.